The Morgan fingerprint density at radius 3 is 2.21 bits per heavy atom. The standard InChI is InChI=1S/C12H14F5NO/c1-8(18-7-6-12(15,16)17)9-2-4-10(5-3-9)19-11(13)14/h2-5,8,11,18H,6-7H2,1H3. The number of benzene rings is 1. The number of nitrogens with one attached hydrogen (secondary N) is 1. The third-order valence-corrected chi connectivity index (χ3v) is 2.46. The smallest absolute Gasteiger partial charge is 0.390 e. The normalized spacial score (nSPS) is 13.6. The van der Waals surface area contributed by atoms with Gasteiger partial charge in [0.1, 0.15) is 5.75 Å². The highest BCUT2D eigenvalue weighted by atomic mass is 19.4. The molecule has 0 heterocycles. The van der Waals surface area contributed by atoms with Gasteiger partial charge in [0.05, 0.1) is 6.42 Å². The van der Waals surface area contributed by atoms with Gasteiger partial charge in [0.2, 0.25) is 0 Å². The van der Waals surface area contributed by atoms with Crippen molar-refractivity contribution in [3.05, 3.63) is 29.8 Å². The highest BCUT2D eigenvalue weighted by molar-refractivity contribution is 5.28. The summed E-state index contributed by atoms with van der Waals surface area (Å²) in [4.78, 5) is 0. The fraction of sp³-hybridized carbons (Fsp3) is 0.500. The van der Waals surface area contributed by atoms with Crippen LogP contribution >= 0.6 is 0 Å². The average Bonchev–Trinajstić information content (AvgIpc) is 2.27. The van der Waals surface area contributed by atoms with E-state index in [1.807, 2.05) is 0 Å². The van der Waals surface area contributed by atoms with E-state index in [0.717, 1.165) is 0 Å². The van der Waals surface area contributed by atoms with Gasteiger partial charge < -0.3 is 10.1 Å². The van der Waals surface area contributed by atoms with Gasteiger partial charge in [-0.15, -0.1) is 0 Å². The molecule has 2 nitrogen and oxygen atoms in total. The summed E-state index contributed by atoms with van der Waals surface area (Å²) < 4.78 is 63.9. The number of alkyl halides is 5. The lowest BCUT2D eigenvalue weighted by Gasteiger charge is -2.15. The number of halogens is 5. The fourth-order valence-electron chi connectivity index (χ4n) is 1.49. The molecule has 7 heteroatoms. The van der Waals surface area contributed by atoms with Crippen LogP contribution in [-0.4, -0.2) is 19.3 Å². The van der Waals surface area contributed by atoms with E-state index < -0.39 is 19.2 Å². The zero-order valence-corrected chi connectivity index (χ0v) is 10.2. The Morgan fingerprint density at radius 2 is 1.74 bits per heavy atom. The lowest BCUT2D eigenvalue weighted by molar-refractivity contribution is -0.133. The van der Waals surface area contributed by atoms with Crippen molar-refractivity contribution in [1.82, 2.24) is 5.32 Å². The minimum absolute atomic E-state index is 0.0150. The molecule has 0 saturated heterocycles. The van der Waals surface area contributed by atoms with Crippen LogP contribution in [0.25, 0.3) is 0 Å². The van der Waals surface area contributed by atoms with Crippen LogP contribution in [0.2, 0.25) is 0 Å². The molecule has 1 rings (SSSR count). The lowest BCUT2D eigenvalue weighted by Crippen LogP contribution is -2.24. The van der Waals surface area contributed by atoms with Gasteiger partial charge in [-0.25, -0.2) is 0 Å². The van der Waals surface area contributed by atoms with E-state index in [1.165, 1.54) is 24.3 Å². The summed E-state index contributed by atoms with van der Waals surface area (Å²) in [6.45, 7) is -1.40. The second-order valence-corrected chi connectivity index (χ2v) is 3.99. The van der Waals surface area contributed by atoms with E-state index in [9.17, 15) is 22.0 Å². The van der Waals surface area contributed by atoms with Crippen molar-refractivity contribution in [3.63, 3.8) is 0 Å². The van der Waals surface area contributed by atoms with Gasteiger partial charge in [-0.1, -0.05) is 12.1 Å². The van der Waals surface area contributed by atoms with Crippen molar-refractivity contribution in [2.45, 2.75) is 32.2 Å². The van der Waals surface area contributed by atoms with Crippen LogP contribution in [0, 0.1) is 0 Å². The Bertz CT molecular complexity index is 377. The molecule has 1 aromatic rings. The summed E-state index contributed by atoms with van der Waals surface area (Å²) in [5.41, 5.74) is 0.698. The molecule has 0 aliphatic rings. The molecule has 0 spiro atoms. The molecule has 0 amide bonds. The van der Waals surface area contributed by atoms with Crippen LogP contribution in [0.4, 0.5) is 22.0 Å². The summed E-state index contributed by atoms with van der Waals surface area (Å²) in [7, 11) is 0. The Kier molecular flexibility index (Phi) is 5.53. The molecule has 1 N–H and O–H groups in total. The summed E-state index contributed by atoms with van der Waals surface area (Å²) in [6.07, 6.45) is -5.11. The second kappa shape index (κ2) is 6.70. The maximum atomic E-state index is 12.0. The predicted octanol–water partition coefficient (Wildman–Crippen LogP) is 3.89. The number of hydrogen-bond acceptors (Lipinski definition) is 2. The fourth-order valence-corrected chi connectivity index (χ4v) is 1.49. The molecule has 0 radical (unpaired) electrons. The summed E-state index contributed by atoms with van der Waals surface area (Å²) in [6, 6.07) is 5.46. The van der Waals surface area contributed by atoms with Crippen LogP contribution in [0.3, 0.4) is 0 Å². The first-order valence-electron chi connectivity index (χ1n) is 5.63. The Morgan fingerprint density at radius 1 is 1.16 bits per heavy atom. The first-order valence-corrected chi connectivity index (χ1v) is 5.63. The van der Waals surface area contributed by atoms with Crippen LogP contribution in [0.15, 0.2) is 24.3 Å². The molecule has 108 valence electrons. The van der Waals surface area contributed by atoms with E-state index in [0.29, 0.717) is 5.56 Å². The first-order chi connectivity index (χ1) is 8.78. The molecular formula is C12H14F5NO. The largest absolute Gasteiger partial charge is 0.435 e. The third kappa shape index (κ3) is 6.37. The van der Waals surface area contributed by atoms with Gasteiger partial charge in [-0.3, -0.25) is 0 Å². The van der Waals surface area contributed by atoms with Crippen molar-refractivity contribution in [1.29, 1.82) is 0 Å². The minimum Gasteiger partial charge on any atom is -0.435 e. The molecule has 19 heavy (non-hydrogen) atoms. The first kappa shape index (κ1) is 15.7. The molecule has 1 aromatic carbocycles. The molecule has 0 aliphatic heterocycles. The summed E-state index contributed by atoms with van der Waals surface area (Å²) in [5, 5.41) is 2.71. The van der Waals surface area contributed by atoms with Gasteiger partial charge in [0, 0.05) is 12.6 Å². The highest BCUT2D eigenvalue weighted by Crippen LogP contribution is 2.21. The number of ether oxygens (including phenoxy) is 1. The predicted molar refractivity (Wildman–Crippen MR) is 60.2 cm³/mol. The maximum Gasteiger partial charge on any atom is 0.390 e. The van der Waals surface area contributed by atoms with Crippen LogP contribution in [-0.2, 0) is 0 Å². The quantitative estimate of drug-likeness (QED) is 0.800. The van der Waals surface area contributed by atoms with Gasteiger partial charge in [-0.2, -0.15) is 22.0 Å². The summed E-state index contributed by atoms with van der Waals surface area (Å²) >= 11 is 0. The molecule has 0 fully saturated rings. The van der Waals surface area contributed by atoms with Crippen LogP contribution in [0.1, 0.15) is 24.9 Å². The molecular weight excluding hydrogens is 269 g/mol. The molecule has 0 aromatic heterocycles. The second-order valence-electron chi connectivity index (χ2n) is 3.99. The van der Waals surface area contributed by atoms with Crippen molar-refractivity contribution in [2.24, 2.45) is 0 Å². The monoisotopic (exact) mass is 283 g/mol. The van der Waals surface area contributed by atoms with Crippen molar-refractivity contribution >= 4 is 0 Å². The minimum atomic E-state index is -4.19. The zero-order valence-electron chi connectivity index (χ0n) is 10.2. The van der Waals surface area contributed by atoms with E-state index in [2.05, 4.69) is 10.1 Å². The number of hydrogen-bond donors (Lipinski definition) is 1. The van der Waals surface area contributed by atoms with Gasteiger partial charge >= 0.3 is 12.8 Å². The van der Waals surface area contributed by atoms with E-state index in [1.54, 1.807) is 6.92 Å². The van der Waals surface area contributed by atoms with Gasteiger partial charge in [0.25, 0.3) is 0 Å². The third-order valence-electron chi connectivity index (χ3n) is 2.46. The zero-order chi connectivity index (χ0) is 14.5. The van der Waals surface area contributed by atoms with Crippen molar-refractivity contribution < 1.29 is 26.7 Å². The summed E-state index contributed by atoms with van der Waals surface area (Å²) in [5.74, 6) is 0.0150. The molecule has 0 bridgehead atoms. The van der Waals surface area contributed by atoms with Crippen molar-refractivity contribution in [3.8, 4) is 5.75 Å². The molecule has 1 atom stereocenters. The van der Waals surface area contributed by atoms with E-state index in [4.69, 9.17) is 0 Å². The van der Waals surface area contributed by atoms with E-state index >= 15 is 0 Å². The Labute approximate surface area is 107 Å². The van der Waals surface area contributed by atoms with Crippen LogP contribution < -0.4 is 10.1 Å². The highest BCUT2D eigenvalue weighted by Gasteiger charge is 2.26. The molecule has 1 unspecified atom stereocenters. The topological polar surface area (TPSA) is 21.3 Å². The van der Waals surface area contributed by atoms with Crippen molar-refractivity contribution in [2.75, 3.05) is 6.54 Å². The van der Waals surface area contributed by atoms with Crippen LogP contribution in [0.5, 0.6) is 5.75 Å². The van der Waals surface area contributed by atoms with Gasteiger partial charge in [-0.05, 0) is 24.6 Å². The average molecular weight is 283 g/mol. The van der Waals surface area contributed by atoms with E-state index in [-0.39, 0.29) is 18.3 Å². The maximum absolute atomic E-state index is 12.0. The SMILES string of the molecule is CC(NCCC(F)(F)F)c1ccc(OC(F)F)cc1. The number of rotatable bonds is 6. The molecule has 0 aliphatic carbocycles. The molecule has 0 saturated carbocycles. The Hall–Kier alpha value is -1.37. The lowest BCUT2D eigenvalue weighted by atomic mass is 10.1. The van der Waals surface area contributed by atoms with Gasteiger partial charge in [0.15, 0.2) is 0 Å². The Balaban J connectivity index is 2.46.